The number of aromatic nitrogens is 2. The van der Waals surface area contributed by atoms with Crippen LogP contribution in [-0.2, 0) is 5.41 Å². The maximum atomic E-state index is 6.08. The minimum Gasteiger partial charge on any atom is -0.492 e. The molecule has 2 aromatic heterocycles. The van der Waals surface area contributed by atoms with Gasteiger partial charge in [-0.15, -0.1) is 0 Å². The molecule has 152 valence electrons. The Morgan fingerprint density at radius 2 is 2.00 bits per heavy atom. The number of ether oxygens (including phenoxy) is 1. The number of nitrogens with zero attached hydrogens (tertiary/aromatic N) is 2. The monoisotopic (exact) mass is 397 g/mol. The van der Waals surface area contributed by atoms with Crippen LogP contribution >= 0.6 is 0 Å². The van der Waals surface area contributed by atoms with Crippen LogP contribution in [0.2, 0.25) is 0 Å². The van der Waals surface area contributed by atoms with E-state index in [4.69, 9.17) is 4.74 Å². The van der Waals surface area contributed by atoms with Crippen LogP contribution in [0.5, 0.6) is 5.75 Å². The Kier molecular flexibility index (Phi) is 4.70. The summed E-state index contributed by atoms with van der Waals surface area (Å²) in [5.74, 6) is 0.921. The zero-order valence-corrected chi connectivity index (χ0v) is 17.6. The lowest BCUT2D eigenvalue weighted by Gasteiger charge is -2.40. The molecule has 1 aliphatic rings. The summed E-state index contributed by atoms with van der Waals surface area (Å²) in [6.07, 6.45) is 4.94. The minimum atomic E-state index is 0.150. The molecule has 0 fully saturated rings. The third-order valence-corrected chi connectivity index (χ3v) is 6.19. The van der Waals surface area contributed by atoms with Gasteiger partial charge in [0.1, 0.15) is 12.4 Å². The number of anilines is 1. The van der Waals surface area contributed by atoms with E-state index in [1.54, 1.807) is 0 Å². The molecule has 0 saturated heterocycles. The topological polar surface area (TPSA) is 41.1 Å². The highest BCUT2D eigenvalue weighted by molar-refractivity contribution is 5.80. The third-order valence-electron chi connectivity index (χ3n) is 6.19. The Labute approximate surface area is 177 Å². The Morgan fingerprint density at radius 3 is 2.87 bits per heavy atom. The van der Waals surface area contributed by atoms with Crippen molar-refractivity contribution in [2.24, 2.45) is 0 Å². The molecule has 0 aliphatic carbocycles. The number of fused-ring (bicyclic) bond motifs is 2. The Balaban J connectivity index is 1.34. The Morgan fingerprint density at radius 1 is 1.07 bits per heavy atom. The van der Waals surface area contributed by atoms with E-state index in [1.807, 2.05) is 30.6 Å². The number of hydrogen-bond acceptors (Lipinski definition) is 3. The molecule has 3 heterocycles. The Bertz CT molecular complexity index is 1160. The molecule has 4 nitrogen and oxygen atoms in total. The lowest BCUT2D eigenvalue weighted by atomic mass is 9.77. The third kappa shape index (κ3) is 3.54. The molecule has 4 heteroatoms. The van der Waals surface area contributed by atoms with Gasteiger partial charge in [0.2, 0.25) is 0 Å². The second kappa shape index (κ2) is 7.52. The van der Waals surface area contributed by atoms with Crippen molar-refractivity contribution in [3.05, 3.63) is 78.6 Å². The molecule has 0 amide bonds. The summed E-state index contributed by atoms with van der Waals surface area (Å²) in [6.45, 7) is 7.26. The fraction of sp³-hybridized carbons (Fsp3) is 0.269. The van der Waals surface area contributed by atoms with E-state index >= 15 is 0 Å². The lowest BCUT2D eigenvalue weighted by molar-refractivity contribution is 0.319. The molecule has 1 aliphatic heterocycles. The van der Waals surface area contributed by atoms with Crippen molar-refractivity contribution >= 4 is 16.6 Å². The van der Waals surface area contributed by atoms with Crippen molar-refractivity contribution < 1.29 is 4.74 Å². The fourth-order valence-electron chi connectivity index (χ4n) is 4.34. The molecule has 30 heavy (non-hydrogen) atoms. The largest absolute Gasteiger partial charge is 0.492 e. The fourth-order valence-corrected chi connectivity index (χ4v) is 4.34. The summed E-state index contributed by atoms with van der Waals surface area (Å²) in [6, 6.07) is 21.1. The van der Waals surface area contributed by atoms with Gasteiger partial charge < -0.3 is 14.6 Å². The molecule has 5 rings (SSSR count). The Hall–Kier alpha value is -3.27. The van der Waals surface area contributed by atoms with Crippen molar-refractivity contribution in [3.8, 4) is 17.0 Å². The van der Waals surface area contributed by atoms with Gasteiger partial charge in [-0.2, -0.15) is 0 Å². The number of hydrogen-bond donors (Lipinski definition) is 1. The number of nitrogens with one attached hydrogen (secondary N) is 1. The van der Waals surface area contributed by atoms with E-state index in [9.17, 15) is 0 Å². The van der Waals surface area contributed by atoms with Crippen molar-refractivity contribution in [2.75, 3.05) is 24.6 Å². The number of H-pyrrole nitrogens is 1. The maximum Gasteiger partial charge on any atom is 0.120 e. The van der Waals surface area contributed by atoms with Crippen LogP contribution in [0.3, 0.4) is 0 Å². The van der Waals surface area contributed by atoms with Gasteiger partial charge in [-0.05, 0) is 65.9 Å². The molecular formula is C26H27N3O. The molecule has 2 aromatic carbocycles. The molecule has 4 aromatic rings. The first kappa shape index (κ1) is 18.7. The van der Waals surface area contributed by atoms with Crippen LogP contribution < -0.4 is 9.64 Å². The van der Waals surface area contributed by atoms with Crippen LogP contribution in [0.4, 0.5) is 5.69 Å². The van der Waals surface area contributed by atoms with Crippen molar-refractivity contribution in [3.63, 3.8) is 0 Å². The molecule has 0 unspecified atom stereocenters. The van der Waals surface area contributed by atoms with Crippen LogP contribution in [-0.4, -0.2) is 29.7 Å². The molecule has 0 bridgehead atoms. The summed E-state index contributed by atoms with van der Waals surface area (Å²) in [5.41, 5.74) is 6.20. The molecular weight excluding hydrogens is 370 g/mol. The van der Waals surface area contributed by atoms with Gasteiger partial charge in [0.15, 0.2) is 0 Å². The van der Waals surface area contributed by atoms with Gasteiger partial charge in [-0.1, -0.05) is 26.0 Å². The van der Waals surface area contributed by atoms with Crippen molar-refractivity contribution in [1.29, 1.82) is 0 Å². The standard InChI is InChI=1S/C26H27N3O/c1-26(2)11-14-29(15-16-30-21-7-8-24-20(17-21)10-13-28-24)25-9-6-19(18-22(25)26)23-5-3-4-12-27-23/h3-10,12-13,17-18,28H,11,14-16H2,1-2H3. The van der Waals surface area contributed by atoms with E-state index < -0.39 is 0 Å². The minimum absolute atomic E-state index is 0.150. The van der Waals surface area contributed by atoms with E-state index in [2.05, 4.69) is 71.2 Å². The lowest BCUT2D eigenvalue weighted by Crippen LogP contribution is -2.39. The molecule has 0 atom stereocenters. The number of aromatic amines is 1. The molecule has 0 saturated carbocycles. The van der Waals surface area contributed by atoms with Gasteiger partial charge in [-0.3, -0.25) is 4.98 Å². The summed E-state index contributed by atoms with van der Waals surface area (Å²) in [7, 11) is 0. The van der Waals surface area contributed by atoms with Crippen LogP contribution in [0, 0.1) is 0 Å². The normalized spacial score (nSPS) is 15.2. The van der Waals surface area contributed by atoms with Crippen molar-refractivity contribution in [2.45, 2.75) is 25.7 Å². The van der Waals surface area contributed by atoms with Crippen LogP contribution in [0.25, 0.3) is 22.2 Å². The summed E-state index contributed by atoms with van der Waals surface area (Å²) in [5, 5.41) is 1.18. The predicted molar refractivity (Wildman–Crippen MR) is 123 cm³/mol. The zero-order chi connectivity index (χ0) is 20.6. The maximum absolute atomic E-state index is 6.08. The molecule has 1 N–H and O–H groups in total. The van der Waals surface area contributed by atoms with Crippen LogP contribution in [0.1, 0.15) is 25.8 Å². The smallest absolute Gasteiger partial charge is 0.120 e. The van der Waals surface area contributed by atoms with Gasteiger partial charge in [0.25, 0.3) is 0 Å². The van der Waals surface area contributed by atoms with Gasteiger partial charge in [-0.25, -0.2) is 0 Å². The first-order chi connectivity index (χ1) is 14.6. The predicted octanol–water partition coefficient (Wildman–Crippen LogP) is 5.80. The van der Waals surface area contributed by atoms with Crippen molar-refractivity contribution in [1.82, 2.24) is 9.97 Å². The molecule has 0 spiro atoms. The average molecular weight is 398 g/mol. The quantitative estimate of drug-likeness (QED) is 0.463. The second-order valence-corrected chi connectivity index (χ2v) is 8.64. The van der Waals surface area contributed by atoms with E-state index in [0.29, 0.717) is 6.61 Å². The SMILES string of the molecule is CC1(C)CCN(CCOc2ccc3[nH]ccc3c2)c2ccc(-c3ccccn3)cc21. The van der Waals surface area contributed by atoms with E-state index in [0.717, 1.165) is 36.5 Å². The van der Waals surface area contributed by atoms with Crippen LogP contribution in [0.15, 0.2) is 73.1 Å². The van der Waals surface area contributed by atoms with Gasteiger partial charge >= 0.3 is 0 Å². The van der Waals surface area contributed by atoms with Gasteiger partial charge in [0.05, 0.1) is 12.2 Å². The highest BCUT2D eigenvalue weighted by atomic mass is 16.5. The first-order valence-corrected chi connectivity index (χ1v) is 10.6. The average Bonchev–Trinajstić information content (AvgIpc) is 3.24. The number of pyridine rings is 1. The first-order valence-electron chi connectivity index (χ1n) is 10.6. The highest BCUT2D eigenvalue weighted by Gasteiger charge is 2.31. The summed E-state index contributed by atoms with van der Waals surface area (Å²) in [4.78, 5) is 10.2. The summed E-state index contributed by atoms with van der Waals surface area (Å²) < 4.78 is 6.08. The van der Waals surface area contributed by atoms with E-state index in [-0.39, 0.29) is 5.41 Å². The number of benzene rings is 2. The second-order valence-electron chi connectivity index (χ2n) is 8.64. The van der Waals surface area contributed by atoms with E-state index in [1.165, 1.54) is 22.2 Å². The highest BCUT2D eigenvalue weighted by Crippen LogP contribution is 2.41. The number of rotatable bonds is 5. The van der Waals surface area contributed by atoms with Gasteiger partial charge in [0, 0.05) is 41.1 Å². The summed E-state index contributed by atoms with van der Waals surface area (Å²) >= 11 is 0. The zero-order valence-electron chi connectivity index (χ0n) is 17.6. The molecule has 0 radical (unpaired) electrons.